The van der Waals surface area contributed by atoms with Gasteiger partial charge in [-0.15, -0.1) is 10.2 Å². The first-order valence-electron chi connectivity index (χ1n) is 8.64. The van der Waals surface area contributed by atoms with Crippen LogP contribution in [0, 0.1) is 0 Å². The van der Waals surface area contributed by atoms with Gasteiger partial charge >= 0.3 is 5.97 Å². The molecule has 0 spiro atoms. The minimum absolute atomic E-state index is 0.0423. The highest BCUT2D eigenvalue weighted by Crippen LogP contribution is 2.36. The molecule has 0 fully saturated rings. The molecule has 1 N–H and O–H groups in total. The summed E-state index contributed by atoms with van der Waals surface area (Å²) in [5.41, 5.74) is 1.02. The Bertz CT molecular complexity index is 1100. The van der Waals surface area contributed by atoms with Crippen LogP contribution < -0.4 is 9.47 Å². The molecular formula is C20H16Cl2N2O5S. The quantitative estimate of drug-likeness (QED) is 0.335. The number of halogens is 2. The molecule has 1 aromatic heterocycles. The van der Waals surface area contributed by atoms with Crippen molar-refractivity contribution in [2.24, 2.45) is 0 Å². The van der Waals surface area contributed by atoms with E-state index >= 15 is 0 Å². The van der Waals surface area contributed by atoms with E-state index in [0.717, 1.165) is 11.8 Å². The fourth-order valence-electron chi connectivity index (χ4n) is 2.50. The minimum Gasteiger partial charge on any atom is -0.496 e. The van der Waals surface area contributed by atoms with E-state index in [1.165, 1.54) is 13.2 Å². The van der Waals surface area contributed by atoms with E-state index in [0.29, 0.717) is 39.3 Å². The van der Waals surface area contributed by atoms with Crippen molar-refractivity contribution >= 4 is 47.0 Å². The van der Waals surface area contributed by atoms with Crippen molar-refractivity contribution in [3.63, 3.8) is 0 Å². The molecule has 0 bridgehead atoms. The Labute approximate surface area is 186 Å². The highest BCUT2D eigenvalue weighted by atomic mass is 35.5. The standard InChI is InChI=1S/C20H16Cl2N2O5S/c1-3-28-15-6-4-12(21)8-11(15)9-17(19(25)26)30-20-24-23-18(29-20)14-10-13(22)5-7-16(14)27-2/h4-10H,3H2,1-2H3,(H,25,26)/b17-9-. The van der Waals surface area contributed by atoms with Crippen molar-refractivity contribution in [3.8, 4) is 23.0 Å². The molecule has 0 radical (unpaired) electrons. The summed E-state index contributed by atoms with van der Waals surface area (Å²) < 4.78 is 16.5. The van der Waals surface area contributed by atoms with Crippen LogP contribution in [0.1, 0.15) is 12.5 Å². The number of hydrogen-bond donors (Lipinski definition) is 1. The predicted molar refractivity (Wildman–Crippen MR) is 115 cm³/mol. The van der Waals surface area contributed by atoms with Crippen molar-refractivity contribution in [2.45, 2.75) is 12.1 Å². The normalized spacial score (nSPS) is 11.4. The number of carboxylic acids is 1. The highest BCUT2D eigenvalue weighted by molar-refractivity contribution is 8.03. The molecule has 156 valence electrons. The topological polar surface area (TPSA) is 94.7 Å². The van der Waals surface area contributed by atoms with E-state index in [1.54, 1.807) is 36.4 Å². The van der Waals surface area contributed by atoms with Crippen LogP contribution in [-0.4, -0.2) is 35.0 Å². The zero-order valence-corrected chi connectivity index (χ0v) is 18.2. The fourth-order valence-corrected chi connectivity index (χ4v) is 3.51. The molecule has 0 aliphatic heterocycles. The Balaban J connectivity index is 1.93. The molecule has 3 aromatic rings. The second-order valence-corrected chi connectivity index (χ2v) is 7.61. The average molecular weight is 467 g/mol. The first-order valence-corrected chi connectivity index (χ1v) is 10.2. The Morgan fingerprint density at radius 1 is 1.17 bits per heavy atom. The third-order valence-electron chi connectivity index (χ3n) is 3.76. The zero-order chi connectivity index (χ0) is 21.7. The Kier molecular flexibility index (Phi) is 7.25. The van der Waals surface area contributed by atoms with Crippen LogP contribution in [-0.2, 0) is 4.79 Å². The second-order valence-electron chi connectivity index (χ2n) is 5.75. The number of aliphatic carboxylic acids is 1. The molecule has 1 heterocycles. The van der Waals surface area contributed by atoms with Crippen molar-refractivity contribution in [1.29, 1.82) is 0 Å². The van der Waals surface area contributed by atoms with Crippen molar-refractivity contribution in [3.05, 3.63) is 56.9 Å². The number of benzene rings is 2. The maximum absolute atomic E-state index is 11.8. The molecule has 0 saturated carbocycles. The molecule has 0 saturated heterocycles. The van der Waals surface area contributed by atoms with Crippen molar-refractivity contribution in [1.82, 2.24) is 10.2 Å². The number of aromatic nitrogens is 2. The molecule has 2 aromatic carbocycles. The van der Waals surface area contributed by atoms with Gasteiger partial charge in [-0.05, 0) is 61.2 Å². The molecule has 0 aliphatic carbocycles. The van der Waals surface area contributed by atoms with Crippen LogP contribution in [0.2, 0.25) is 10.0 Å². The lowest BCUT2D eigenvalue weighted by Gasteiger charge is -2.08. The zero-order valence-electron chi connectivity index (χ0n) is 15.9. The van der Waals surface area contributed by atoms with Crippen LogP contribution in [0.4, 0.5) is 0 Å². The number of rotatable bonds is 8. The molecular weight excluding hydrogens is 451 g/mol. The molecule has 0 atom stereocenters. The van der Waals surface area contributed by atoms with Gasteiger partial charge in [0.15, 0.2) is 0 Å². The monoisotopic (exact) mass is 466 g/mol. The maximum atomic E-state index is 11.8. The van der Waals surface area contributed by atoms with Crippen LogP contribution in [0.25, 0.3) is 17.5 Å². The van der Waals surface area contributed by atoms with Gasteiger partial charge < -0.3 is 19.0 Å². The van der Waals surface area contributed by atoms with Gasteiger partial charge in [0.1, 0.15) is 16.4 Å². The number of carboxylic acid groups (broad SMARTS) is 1. The van der Waals surface area contributed by atoms with Crippen molar-refractivity contribution in [2.75, 3.05) is 13.7 Å². The Morgan fingerprint density at radius 3 is 2.53 bits per heavy atom. The SMILES string of the molecule is CCOc1ccc(Cl)cc1/C=C(\Sc1nnc(-c2cc(Cl)ccc2OC)o1)C(=O)O. The fraction of sp³-hybridized carbons (Fsp3) is 0.150. The Morgan fingerprint density at radius 2 is 1.87 bits per heavy atom. The van der Waals surface area contributed by atoms with Gasteiger partial charge in [0.25, 0.3) is 11.1 Å². The molecule has 7 nitrogen and oxygen atoms in total. The highest BCUT2D eigenvalue weighted by Gasteiger charge is 2.19. The van der Waals surface area contributed by atoms with Crippen LogP contribution in [0.15, 0.2) is 50.9 Å². The lowest BCUT2D eigenvalue weighted by molar-refractivity contribution is -0.131. The van der Waals surface area contributed by atoms with Gasteiger partial charge in [-0.1, -0.05) is 23.2 Å². The van der Waals surface area contributed by atoms with Gasteiger partial charge in [0.2, 0.25) is 0 Å². The van der Waals surface area contributed by atoms with Gasteiger partial charge in [-0.3, -0.25) is 0 Å². The van der Waals surface area contributed by atoms with Gasteiger partial charge in [-0.25, -0.2) is 4.79 Å². The number of hydrogen-bond acceptors (Lipinski definition) is 7. The molecule has 0 unspecified atom stereocenters. The summed E-state index contributed by atoms with van der Waals surface area (Å²) in [6.45, 7) is 2.26. The summed E-state index contributed by atoms with van der Waals surface area (Å²) in [7, 11) is 1.50. The van der Waals surface area contributed by atoms with Gasteiger partial charge in [0, 0.05) is 15.6 Å². The Hall–Kier alpha value is -2.68. The number of ether oxygens (including phenoxy) is 2. The first-order chi connectivity index (χ1) is 14.4. The van der Waals surface area contributed by atoms with E-state index in [1.807, 2.05) is 6.92 Å². The van der Waals surface area contributed by atoms with Crippen molar-refractivity contribution < 1.29 is 23.8 Å². The van der Waals surface area contributed by atoms with E-state index in [4.69, 9.17) is 37.1 Å². The van der Waals surface area contributed by atoms with Crippen LogP contribution in [0.5, 0.6) is 11.5 Å². The average Bonchev–Trinajstić information content (AvgIpc) is 3.18. The minimum atomic E-state index is -1.16. The van der Waals surface area contributed by atoms with Crippen LogP contribution >= 0.6 is 35.0 Å². The maximum Gasteiger partial charge on any atom is 0.342 e. The third kappa shape index (κ3) is 5.27. The van der Waals surface area contributed by atoms with E-state index in [2.05, 4.69) is 10.2 Å². The second kappa shape index (κ2) is 9.88. The van der Waals surface area contributed by atoms with E-state index < -0.39 is 5.97 Å². The summed E-state index contributed by atoms with van der Waals surface area (Å²) in [4.78, 5) is 11.7. The summed E-state index contributed by atoms with van der Waals surface area (Å²) in [6.07, 6.45) is 1.44. The lowest BCUT2D eigenvalue weighted by Crippen LogP contribution is -1.98. The lowest BCUT2D eigenvalue weighted by atomic mass is 10.2. The van der Waals surface area contributed by atoms with Crippen LogP contribution in [0.3, 0.4) is 0 Å². The third-order valence-corrected chi connectivity index (χ3v) is 5.09. The molecule has 30 heavy (non-hydrogen) atoms. The van der Waals surface area contributed by atoms with Gasteiger partial charge in [0.05, 0.1) is 19.3 Å². The number of methoxy groups -OCH3 is 1. The summed E-state index contributed by atoms with van der Waals surface area (Å²) in [5.74, 6) is -0.00752. The summed E-state index contributed by atoms with van der Waals surface area (Å²) in [5, 5.41) is 18.5. The number of carbonyl (C=O) groups is 1. The van der Waals surface area contributed by atoms with E-state index in [9.17, 15) is 9.90 Å². The number of nitrogens with zero attached hydrogens (tertiary/aromatic N) is 2. The predicted octanol–water partition coefficient (Wildman–Crippen LogP) is 5.67. The van der Waals surface area contributed by atoms with E-state index in [-0.39, 0.29) is 16.0 Å². The molecule has 10 heteroatoms. The largest absolute Gasteiger partial charge is 0.496 e. The molecule has 0 amide bonds. The summed E-state index contributed by atoms with van der Waals surface area (Å²) in [6, 6.07) is 9.93. The molecule has 3 rings (SSSR count). The molecule has 0 aliphatic rings. The van der Waals surface area contributed by atoms with Gasteiger partial charge in [-0.2, -0.15) is 0 Å². The number of thioether (sulfide) groups is 1. The first kappa shape index (κ1) is 22.0. The smallest absolute Gasteiger partial charge is 0.342 e. The summed E-state index contributed by atoms with van der Waals surface area (Å²) >= 11 is 12.9.